The highest BCUT2D eigenvalue weighted by atomic mass is 16.5. The maximum atomic E-state index is 13.3. The van der Waals surface area contributed by atoms with Crippen molar-refractivity contribution in [1.29, 1.82) is 0 Å². The van der Waals surface area contributed by atoms with Crippen LogP contribution in [0.1, 0.15) is 33.3 Å². The van der Waals surface area contributed by atoms with Gasteiger partial charge in [0.15, 0.2) is 0 Å². The van der Waals surface area contributed by atoms with E-state index in [9.17, 15) is 9.59 Å². The zero-order valence-electron chi connectivity index (χ0n) is 18.5. The van der Waals surface area contributed by atoms with E-state index in [0.29, 0.717) is 29.0 Å². The summed E-state index contributed by atoms with van der Waals surface area (Å²) in [4.78, 5) is 29.8. The minimum Gasteiger partial charge on any atom is -0.490 e. The Labute approximate surface area is 181 Å². The SMILES string of the molecule is COC(=O)C(C)(C)Cn1cnc2cc(OCc3ccccc3)cc(OC(C)C)c2c1=O. The number of carbonyl (C=O) groups is 1. The van der Waals surface area contributed by atoms with Gasteiger partial charge < -0.3 is 14.2 Å². The Morgan fingerprint density at radius 2 is 1.87 bits per heavy atom. The van der Waals surface area contributed by atoms with Crippen LogP contribution in [0, 0.1) is 5.41 Å². The van der Waals surface area contributed by atoms with Crippen LogP contribution in [0.25, 0.3) is 10.9 Å². The summed E-state index contributed by atoms with van der Waals surface area (Å²) in [6.45, 7) is 7.74. The average molecular weight is 424 g/mol. The number of hydrogen-bond donors (Lipinski definition) is 0. The highest BCUT2D eigenvalue weighted by Gasteiger charge is 2.30. The molecular formula is C24H28N2O5. The molecule has 0 unspecified atom stereocenters. The van der Waals surface area contributed by atoms with Gasteiger partial charge in [0.25, 0.3) is 5.56 Å². The second-order valence-corrected chi connectivity index (χ2v) is 8.31. The Bertz CT molecular complexity index is 1120. The number of fused-ring (bicyclic) bond motifs is 1. The molecule has 0 atom stereocenters. The van der Waals surface area contributed by atoms with E-state index in [2.05, 4.69) is 4.98 Å². The van der Waals surface area contributed by atoms with E-state index in [4.69, 9.17) is 14.2 Å². The number of benzene rings is 2. The van der Waals surface area contributed by atoms with E-state index >= 15 is 0 Å². The molecule has 0 spiro atoms. The number of aromatic nitrogens is 2. The molecule has 0 aliphatic carbocycles. The molecule has 0 saturated carbocycles. The first-order valence-electron chi connectivity index (χ1n) is 10.2. The van der Waals surface area contributed by atoms with Crippen LogP contribution in [0.4, 0.5) is 0 Å². The molecule has 31 heavy (non-hydrogen) atoms. The average Bonchev–Trinajstić information content (AvgIpc) is 2.73. The monoisotopic (exact) mass is 424 g/mol. The van der Waals surface area contributed by atoms with Crippen molar-refractivity contribution in [2.24, 2.45) is 5.41 Å². The summed E-state index contributed by atoms with van der Waals surface area (Å²) in [7, 11) is 1.33. The number of rotatable bonds is 8. The maximum absolute atomic E-state index is 13.3. The second kappa shape index (κ2) is 9.20. The van der Waals surface area contributed by atoms with Gasteiger partial charge in [-0.25, -0.2) is 4.98 Å². The first kappa shape index (κ1) is 22.3. The summed E-state index contributed by atoms with van der Waals surface area (Å²) < 4.78 is 18.1. The van der Waals surface area contributed by atoms with Crippen molar-refractivity contribution in [3.8, 4) is 11.5 Å². The zero-order valence-corrected chi connectivity index (χ0v) is 18.5. The lowest BCUT2D eigenvalue weighted by Gasteiger charge is -2.22. The summed E-state index contributed by atoms with van der Waals surface area (Å²) in [5.41, 5.74) is 0.332. The molecule has 1 heterocycles. The number of hydrogen-bond acceptors (Lipinski definition) is 6. The number of carbonyl (C=O) groups excluding carboxylic acids is 1. The molecule has 0 bridgehead atoms. The van der Waals surface area contributed by atoms with Crippen molar-refractivity contribution in [1.82, 2.24) is 9.55 Å². The minimum absolute atomic E-state index is 0.134. The third-order valence-electron chi connectivity index (χ3n) is 4.78. The predicted molar refractivity (Wildman–Crippen MR) is 118 cm³/mol. The fourth-order valence-electron chi connectivity index (χ4n) is 3.27. The van der Waals surface area contributed by atoms with Gasteiger partial charge in [-0.05, 0) is 33.3 Å². The van der Waals surface area contributed by atoms with Crippen LogP contribution < -0.4 is 15.0 Å². The summed E-state index contributed by atoms with van der Waals surface area (Å²) in [6.07, 6.45) is 1.29. The van der Waals surface area contributed by atoms with Crippen molar-refractivity contribution >= 4 is 16.9 Å². The van der Waals surface area contributed by atoms with Gasteiger partial charge in [0.05, 0.1) is 30.5 Å². The lowest BCUT2D eigenvalue weighted by atomic mass is 9.93. The molecule has 0 saturated heterocycles. The van der Waals surface area contributed by atoms with Crippen molar-refractivity contribution in [3.63, 3.8) is 0 Å². The van der Waals surface area contributed by atoms with E-state index in [1.807, 2.05) is 44.2 Å². The second-order valence-electron chi connectivity index (χ2n) is 8.31. The van der Waals surface area contributed by atoms with E-state index in [1.54, 1.807) is 26.0 Å². The van der Waals surface area contributed by atoms with E-state index < -0.39 is 11.4 Å². The summed E-state index contributed by atoms with van der Waals surface area (Å²) >= 11 is 0. The molecule has 3 aromatic rings. The minimum atomic E-state index is -0.883. The predicted octanol–water partition coefficient (Wildman–Crippen LogP) is 3.96. The summed E-state index contributed by atoms with van der Waals surface area (Å²) in [6, 6.07) is 13.2. The van der Waals surface area contributed by atoms with Gasteiger partial charge in [0, 0.05) is 18.7 Å². The van der Waals surface area contributed by atoms with Crippen LogP contribution in [-0.4, -0.2) is 28.7 Å². The van der Waals surface area contributed by atoms with Crippen LogP contribution in [-0.2, 0) is 22.7 Å². The molecule has 2 aromatic carbocycles. The lowest BCUT2D eigenvalue weighted by molar-refractivity contribution is -0.151. The Morgan fingerprint density at radius 3 is 2.52 bits per heavy atom. The van der Waals surface area contributed by atoms with E-state index in [0.717, 1.165) is 5.56 Å². The molecule has 3 rings (SSSR count). The van der Waals surface area contributed by atoms with Gasteiger partial charge in [-0.15, -0.1) is 0 Å². The number of methoxy groups -OCH3 is 1. The molecular weight excluding hydrogens is 396 g/mol. The Morgan fingerprint density at radius 1 is 1.16 bits per heavy atom. The van der Waals surface area contributed by atoms with Crippen molar-refractivity contribution in [3.05, 3.63) is 64.7 Å². The van der Waals surface area contributed by atoms with E-state index in [-0.39, 0.29) is 18.2 Å². The van der Waals surface area contributed by atoms with Crippen LogP contribution in [0.3, 0.4) is 0 Å². The molecule has 0 N–H and O–H groups in total. The standard InChI is InChI=1S/C24H28N2O5/c1-16(2)31-20-12-18(30-13-17-9-7-6-8-10-17)11-19-21(20)22(27)26(15-25-19)14-24(3,4)23(28)29-5/h6-12,15-16H,13-14H2,1-5H3. The van der Waals surface area contributed by atoms with Gasteiger partial charge in [-0.1, -0.05) is 30.3 Å². The largest absolute Gasteiger partial charge is 0.490 e. The summed E-state index contributed by atoms with van der Waals surface area (Å²) in [5, 5.41) is 0.351. The number of ether oxygens (including phenoxy) is 3. The van der Waals surface area contributed by atoms with Gasteiger partial charge in [0.2, 0.25) is 0 Å². The van der Waals surface area contributed by atoms with Gasteiger partial charge in [-0.2, -0.15) is 0 Å². The van der Waals surface area contributed by atoms with Crippen molar-refractivity contribution < 1.29 is 19.0 Å². The molecule has 0 aliphatic rings. The first-order chi connectivity index (χ1) is 14.7. The topological polar surface area (TPSA) is 79.7 Å². The van der Waals surface area contributed by atoms with Crippen molar-refractivity contribution in [2.75, 3.05) is 7.11 Å². The van der Waals surface area contributed by atoms with E-state index in [1.165, 1.54) is 18.0 Å². The molecule has 0 radical (unpaired) electrons. The fraction of sp³-hybridized carbons (Fsp3) is 0.375. The molecule has 0 amide bonds. The molecule has 0 fully saturated rings. The fourth-order valence-corrected chi connectivity index (χ4v) is 3.27. The molecule has 7 nitrogen and oxygen atoms in total. The van der Waals surface area contributed by atoms with Crippen LogP contribution in [0.2, 0.25) is 0 Å². The van der Waals surface area contributed by atoms with Crippen LogP contribution in [0.15, 0.2) is 53.6 Å². The Balaban J connectivity index is 2.01. The van der Waals surface area contributed by atoms with Crippen LogP contribution in [0.5, 0.6) is 11.5 Å². The quantitative estimate of drug-likeness (QED) is 0.509. The maximum Gasteiger partial charge on any atom is 0.313 e. The highest BCUT2D eigenvalue weighted by Crippen LogP contribution is 2.30. The molecule has 1 aromatic heterocycles. The Kier molecular flexibility index (Phi) is 6.63. The van der Waals surface area contributed by atoms with Gasteiger partial charge in [0.1, 0.15) is 23.5 Å². The zero-order chi connectivity index (χ0) is 22.6. The molecule has 0 aliphatic heterocycles. The summed E-state index contributed by atoms with van der Waals surface area (Å²) in [5.74, 6) is 0.563. The smallest absolute Gasteiger partial charge is 0.313 e. The highest BCUT2D eigenvalue weighted by molar-refractivity contribution is 5.86. The third kappa shape index (κ3) is 5.23. The molecule has 7 heteroatoms. The first-order valence-corrected chi connectivity index (χ1v) is 10.2. The number of esters is 1. The van der Waals surface area contributed by atoms with Gasteiger partial charge >= 0.3 is 5.97 Å². The molecule has 164 valence electrons. The van der Waals surface area contributed by atoms with Gasteiger partial charge in [-0.3, -0.25) is 14.2 Å². The Hall–Kier alpha value is -3.35. The van der Waals surface area contributed by atoms with Crippen molar-refractivity contribution in [2.45, 2.75) is 47.0 Å². The lowest BCUT2D eigenvalue weighted by Crippen LogP contribution is -2.35. The normalized spacial score (nSPS) is 11.5. The third-order valence-corrected chi connectivity index (χ3v) is 4.78. The number of nitrogens with zero attached hydrogens (tertiary/aromatic N) is 2. The van der Waals surface area contributed by atoms with Crippen LogP contribution >= 0.6 is 0 Å².